The SMILES string of the molecule is CCCC(C1CCC(C2CCCCC2)CC1)C1CCC(C2CCCCC2)CC1. The molecule has 0 spiro atoms. The van der Waals surface area contributed by atoms with Crippen LogP contribution in [-0.2, 0) is 0 Å². The van der Waals surface area contributed by atoms with Crippen molar-refractivity contribution in [3.63, 3.8) is 0 Å². The summed E-state index contributed by atoms with van der Waals surface area (Å²) in [6.07, 6.45) is 31.2. The molecule has 4 aliphatic carbocycles. The number of hydrogen-bond acceptors (Lipinski definition) is 0. The third kappa shape index (κ3) is 5.37. The summed E-state index contributed by atoms with van der Waals surface area (Å²) >= 11 is 0. The molecule has 0 atom stereocenters. The number of rotatable bonds is 6. The summed E-state index contributed by atoms with van der Waals surface area (Å²) in [6, 6.07) is 0. The second kappa shape index (κ2) is 10.9. The van der Waals surface area contributed by atoms with Crippen LogP contribution in [0, 0.1) is 41.4 Å². The van der Waals surface area contributed by atoms with Gasteiger partial charge in [0.1, 0.15) is 0 Å². The van der Waals surface area contributed by atoms with Crippen molar-refractivity contribution in [1.29, 1.82) is 0 Å². The molecule has 0 aromatic rings. The van der Waals surface area contributed by atoms with Crippen molar-refractivity contribution in [1.82, 2.24) is 0 Å². The smallest absolute Gasteiger partial charge is 0.0358 e. The fourth-order valence-electron chi connectivity index (χ4n) is 8.49. The van der Waals surface area contributed by atoms with E-state index in [1.807, 2.05) is 0 Å². The Morgan fingerprint density at radius 3 is 1.18 bits per heavy atom. The minimum Gasteiger partial charge on any atom is -0.0654 e. The van der Waals surface area contributed by atoms with Crippen molar-refractivity contribution in [3.05, 3.63) is 0 Å². The second-order valence-corrected chi connectivity index (χ2v) is 11.6. The van der Waals surface area contributed by atoms with E-state index >= 15 is 0 Å². The van der Waals surface area contributed by atoms with Gasteiger partial charge in [-0.3, -0.25) is 0 Å². The molecular formula is C28H50. The van der Waals surface area contributed by atoms with E-state index in [0.717, 1.165) is 41.4 Å². The Bertz CT molecular complexity index is 373. The summed E-state index contributed by atoms with van der Waals surface area (Å²) in [5, 5.41) is 0. The molecule has 0 saturated heterocycles. The molecule has 4 fully saturated rings. The van der Waals surface area contributed by atoms with Crippen molar-refractivity contribution in [2.45, 2.75) is 135 Å². The predicted molar refractivity (Wildman–Crippen MR) is 122 cm³/mol. The zero-order valence-corrected chi connectivity index (χ0v) is 19.2. The van der Waals surface area contributed by atoms with Crippen LogP contribution in [0.2, 0.25) is 0 Å². The van der Waals surface area contributed by atoms with E-state index < -0.39 is 0 Å². The summed E-state index contributed by atoms with van der Waals surface area (Å²) in [4.78, 5) is 0. The predicted octanol–water partition coefficient (Wildman–Crippen LogP) is 9.18. The first-order valence-electron chi connectivity index (χ1n) is 13.8. The normalized spacial score (nSPS) is 37.6. The summed E-state index contributed by atoms with van der Waals surface area (Å²) in [5.41, 5.74) is 0. The van der Waals surface area contributed by atoms with Crippen LogP contribution in [-0.4, -0.2) is 0 Å². The van der Waals surface area contributed by atoms with E-state index in [9.17, 15) is 0 Å². The number of hydrogen-bond donors (Lipinski definition) is 0. The van der Waals surface area contributed by atoms with E-state index in [0.29, 0.717) is 0 Å². The summed E-state index contributed by atoms with van der Waals surface area (Å²) in [6.45, 7) is 2.45. The molecule has 0 bridgehead atoms. The van der Waals surface area contributed by atoms with Crippen LogP contribution in [0.5, 0.6) is 0 Å². The van der Waals surface area contributed by atoms with Crippen LogP contribution >= 0.6 is 0 Å². The maximum absolute atomic E-state index is 2.45. The molecule has 0 aromatic carbocycles. The summed E-state index contributed by atoms with van der Waals surface area (Å²) in [5.74, 6) is 7.73. The molecule has 0 nitrogen and oxygen atoms in total. The van der Waals surface area contributed by atoms with Crippen molar-refractivity contribution < 1.29 is 0 Å². The highest BCUT2D eigenvalue weighted by Crippen LogP contribution is 2.48. The van der Waals surface area contributed by atoms with Crippen LogP contribution < -0.4 is 0 Å². The van der Waals surface area contributed by atoms with E-state index in [1.165, 1.54) is 51.4 Å². The Morgan fingerprint density at radius 1 is 0.464 bits per heavy atom. The molecule has 0 amide bonds. The topological polar surface area (TPSA) is 0 Å². The van der Waals surface area contributed by atoms with Crippen LogP contribution in [0.15, 0.2) is 0 Å². The maximum atomic E-state index is 2.45. The van der Waals surface area contributed by atoms with Gasteiger partial charge in [0.05, 0.1) is 0 Å². The molecule has 0 radical (unpaired) electrons. The third-order valence-electron chi connectivity index (χ3n) is 10.1. The maximum Gasteiger partial charge on any atom is -0.0358 e. The van der Waals surface area contributed by atoms with E-state index in [2.05, 4.69) is 6.92 Å². The molecule has 162 valence electrons. The molecule has 0 aromatic heterocycles. The zero-order valence-electron chi connectivity index (χ0n) is 19.2. The molecule has 0 heterocycles. The Labute approximate surface area is 177 Å². The van der Waals surface area contributed by atoms with Gasteiger partial charge in [-0.25, -0.2) is 0 Å². The van der Waals surface area contributed by atoms with Crippen LogP contribution in [0.1, 0.15) is 135 Å². The van der Waals surface area contributed by atoms with Gasteiger partial charge in [-0.15, -0.1) is 0 Å². The van der Waals surface area contributed by atoms with Gasteiger partial charge in [0.25, 0.3) is 0 Å². The minimum absolute atomic E-state index is 1.09. The van der Waals surface area contributed by atoms with Crippen molar-refractivity contribution >= 4 is 0 Å². The average Bonchev–Trinajstić information content (AvgIpc) is 2.79. The van der Waals surface area contributed by atoms with Gasteiger partial charge in [-0.1, -0.05) is 84.0 Å². The Kier molecular flexibility index (Phi) is 8.24. The molecule has 4 rings (SSSR count). The van der Waals surface area contributed by atoms with Crippen LogP contribution in [0.25, 0.3) is 0 Å². The zero-order chi connectivity index (χ0) is 19.2. The lowest BCUT2D eigenvalue weighted by Crippen LogP contribution is -2.33. The third-order valence-corrected chi connectivity index (χ3v) is 10.1. The Morgan fingerprint density at radius 2 is 0.821 bits per heavy atom. The Hall–Kier alpha value is 0. The minimum atomic E-state index is 1.09. The highest BCUT2D eigenvalue weighted by Gasteiger charge is 2.37. The summed E-state index contributed by atoms with van der Waals surface area (Å²) in [7, 11) is 0. The average molecular weight is 387 g/mol. The van der Waals surface area contributed by atoms with E-state index in [4.69, 9.17) is 0 Å². The van der Waals surface area contributed by atoms with E-state index in [1.54, 1.807) is 77.0 Å². The van der Waals surface area contributed by atoms with Gasteiger partial charge >= 0.3 is 0 Å². The monoisotopic (exact) mass is 386 g/mol. The van der Waals surface area contributed by atoms with Gasteiger partial charge in [0.2, 0.25) is 0 Å². The van der Waals surface area contributed by atoms with Crippen molar-refractivity contribution in [3.8, 4) is 0 Å². The molecule has 0 aliphatic heterocycles. The molecule has 28 heavy (non-hydrogen) atoms. The first-order chi connectivity index (χ1) is 13.8. The van der Waals surface area contributed by atoms with Gasteiger partial charge in [-0.05, 0) is 92.8 Å². The van der Waals surface area contributed by atoms with Crippen molar-refractivity contribution in [2.75, 3.05) is 0 Å². The summed E-state index contributed by atoms with van der Waals surface area (Å²) < 4.78 is 0. The highest BCUT2D eigenvalue weighted by atomic mass is 14.4. The van der Waals surface area contributed by atoms with Gasteiger partial charge in [0.15, 0.2) is 0 Å². The molecule has 4 aliphatic rings. The lowest BCUT2D eigenvalue weighted by atomic mass is 9.62. The fraction of sp³-hybridized carbons (Fsp3) is 1.00. The highest BCUT2D eigenvalue weighted by molar-refractivity contribution is 4.88. The lowest BCUT2D eigenvalue weighted by molar-refractivity contribution is 0.0728. The van der Waals surface area contributed by atoms with Gasteiger partial charge in [0, 0.05) is 0 Å². The van der Waals surface area contributed by atoms with Crippen molar-refractivity contribution in [2.24, 2.45) is 41.4 Å². The lowest BCUT2D eigenvalue weighted by Gasteiger charge is -2.44. The van der Waals surface area contributed by atoms with Crippen LogP contribution in [0.4, 0.5) is 0 Å². The first-order valence-corrected chi connectivity index (χ1v) is 13.8. The standard InChI is InChI=1S/C28H50/c1-2-9-28(26-18-14-24(15-19-26)22-10-5-3-6-11-22)27-20-16-25(17-21-27)23-12-7-4-8-13-23/h22-28H,2-21H2,1H3. The quantitative estimate of drug-likeness (QED) is 0.426. The Balaban J connectivity index is 1.26. The molecule has 0 unspecified atom stereocenters. The van der Waals surface area contributed by atoms with E-state index in [-0.39, 0.29) is 0 Å². The van der Waals surface area contributed by atoms with Gasteiger partial charge in [-0.2, -0.15) is 0 Å². The fourth-order valence-corrected chi connectivity index (χ4v) is 8.49. The molecule has 0 heteroatoms. The first kappa shape index (κ1) is 21.2. The molecule has 4 saturated carbocycles. The largest absolute Gasteiger partial charge is 0.0654 e. The van der Waals surface area contributed by atoms with Crippen LogP contribution in [0.3, 0.4) is 0 Å². The molecular weight excluding hydrogens is 336 g/mol. The molecule has 0 N–H and O–H groups in total. The van der Waals surface area contributed by atoms with Gasteiger partial charge < -0.3 is 0 Å². The second-order valence-electron chi connectivity index (χ2n) is 11.6.